The number of carbonyl (C=O) groups excluding carboxylic acids is 1. The zero-order chi connectivity index (χ0) is 20.9. The molecule has 0 saturated heterocycles. The third kappa shape index (κ3) is 4.22. The normalized spacial score (nSPS) is 10.7. The average Bonchev–Trinajstić information content (AvgIpc) is 2.78. The summed E-state index contributed by atoms with van der Waals surface area (Å²) in [5.41, 5.74) is 2.35. The molecule has 30 heavy (non-hydrogen) atoms. The highest BCUT2D eigenvalue weighted by molar-refractivity contribution is 5.91. The molecule has 0 atom stereocenters. The largest absolute Gasteiger partial charge is 0.489 e. The van der Waals surface area contributed by atoms with Crippen LogP contribution in [0.5, 0.6) is 5.75 Å². The van der Waals surface area contributed by atoms with Crippen LogP contribution in [0.2, 0.25) is 0 Å². The summed E-state index contributed by atoms with van der Waals surface area (Å²) in [6.45, 7) is 1.99. The van der Waals surface area contributed by atoms with E-state index in [-0.39, 0.29) is 18.8 Å². The molecule has 0 fully saturated rings. The monoisotopic (exact) mass is 400 g/mol. The Labute approximate surface area is 173 Å². The number of nitrogens with one attached hydrogen (secondary N) is 1. The number of aryl methyl sites for hydroxylation is 1. The molecule has 0 aliphatic heterocycles. The van der Waals surface area contributed by atoms with Crippen LogP contribution in [-0.2, 0) is 18.0 Å². The first-order chi connectivity index (χ1) is 14.6. The highest BCUT2D eigenvalue weighted by Crippen LogP contribution is 2.17. The molecule has 0 radical (unpaired) electrons. The Morgan fingerprint density at radius 1 is 0.933 bits per heavy atom. The number of carbonyl (C=O) groups is 1. The minimum absolute atomic E-state index is 0.133. The predicted molar refractivity (Wildman–Crippen MR) is 113 cm³/mol. The van der Waals surface area contributed by atoms with E-state index >= 15 is 0 Å². The second-order valence-electron chi connectivity index (χ2n) is 6.82. The van der Waals surface area contributed by atoms with Crippen molar-refractivity contribution in [1.29, 1.82) is 0 Å². The molecule has 0 aliphatic rings. The number of esters is 1. The van der Waals surface area contributed by atoms with Crippen molar-refractivity contribution in [2.24, 2.45) is 0 Å². The van der Waals surface area contributed by atoms with Crippen LogP contribution in [-0.4, -0.2) is 15.9 Å². The molecular formula is C24H20N2O4. The van der Waals surface area contributed by atoms with E-state index in [1.165, 1.54) is 0 Å². The first-order valence-electron chi connectivity index (χ1n) is 9.53. The van der Waals surface area contributed by atoms with Gasteiger partial charge in [0.15, 0.2) is 0 Å². The zero-order valence-corrected chi connectivity index (χ0v) is 16.4. The number of benzene rings is 3. The van der Waals surface area contributed by atoms with Crippen LogP contribution in [0.25, 0.3) is 10.9 Å². The Morgan fingerprint density at radius 2 is 1.70 bits per heavy atom. The Kier molecular flexibility index (Phi) is 5.57. The van der Waals surface area contributed by atoms with Gasteiger partial charge in [-0.25, -0.2) is 9.78 Å². The van der Waals surface area contributed by atoms with Crippen molar-refractivity contribution in [2.75, 3.05) is 0 Å². The molecule has 0 saturated carbocycles. The number of rotatable bonds is 6. The van der Waals surface area contributed by atoms with Crippen molar-refractivity contribution >= 4 is 16.9 Å². The molecule has 0 amide bonds. The summed E-state index contributed by atoms with van der Waals surface area (Å²) < 4.78 is 11.2. The summed E-state index contributed by atoms with van der Waals surface area (Å²) in [6.07, 6.45) is 0. The van der Waals surface area contributed by atoms with Crippen molar-refractivity contribution in [2.45, 2.75) is 20.1 Å². The van der Waals surface area contributed by atoms with Gasteiger partial charge in [0.1, 0.15) is 24.8 Å². The number of nitrogens with zero attached hydrogens (tertiary/aromatic N) is 1. The second-order valence-corrected chi connectivity index (χ2v) is 6.82. The molecule has 150 valence electrons. The van der Waals surface area contributed by atoms with Crippen molar-refractivity contribution in [3.8, 4) is 5.75 Å². The number of para-hydroxylation sites is 2. The molecule has 4 aromatic rings. The lowest BCUT2D eigenvalue weighted by atomic mass is 10.1. The van der Waals surface area contributed by atoms with Gasteiger partial charge in [0, 0.05) is 5.56 Å². The first-order valence-corrected chi connectivity index (χ1v) is 9.53. The summed E-state index contributed by atoms with van der Waals surface area (Å²) in [5, 5.41) is 0.508. The Hall–Kier alpha value is -3.93. The van der Waals surface area contributed by atoms with Crippen molar-refractivity contribution in [3.05, 3.63) is 106 Å². The van der Waals surface area contributed by atoms with Crippen molar-refractivity contribution in [1.82, 2.24) is 9.97 Å². The topological polar surface area (TPSA) is 81.3 Å². The molecular weight excluding hydrogens is 380 g/mol. The molecule has 6 heteroatoms. The molecule has 1 heterocycles. The molecule has 1 aromatic heterocycles. The minimum atomic E-state index is -0.505. The summed E-state index contributed by atoms with van der Waals surface area (Å²) in [7, 11) is 0. The maximum Gasteiger partial charge on any atom is 0.338 e. The van der Waals surface area contributed by atoms with Crippen molar-refractivity contribution in [3.63, 3.8) is 0 Å². The van der Waals surface area contributed by atoms with Crippen LogP contribution in [0.15, 0.2) is 77.6 Å². The number of aromatic amines is 1. The number of ether oxygens (including phenoxy) is 2. The third-order valence-electron chi connectivity index (χ3n) is 4.70. The molecule has 0 bridgehead atoms. The minimum Gasteiger partial charge on any atom is -0.489 e. The maximum atomic E-state index is 12.7. The third-order valence-corrected chi connectivity index (χ3v) is 4.70. The lowest BCUT2D eigenvalue weighted by molar-refractivity contribution is 0.0459. The van der Waals surface area contributed by atoms with E-state index in [0.29, 0.717) is 33.6 Å². The predicted octanol–water partition coefficient (Wildman–Crippen LogP) is 4.17. The highest BCUT2D eigenvalue weighted by Gasteiger charge is 2.14. The smallest absolute Gasteiger partial charge is 0.338 e. The number of fused-ring (bicyclic) bond motifs is 1. The zero-order valence-electron chi connectivity index (χ0n) is 16.4. The SMILES string of the molecule is Cc1cccc2c(=O)[nH]c(COC(=O)c3ccccc3COc3ccccc3)nc12. The fourth-order valence-corrected chi connectivity index (χ4v) is 3.16. The standard InChI is InChI=1S/C24H20N2O4/c1-16-8-7-13-20-22(16)25-21(26-23(20)27)15-30-24(28)19-12-6-5-9-17(19)14-29-18-10-3-2-4-11-18/h2-13H,14-15H2,1H3,(H,25,26,27). The summed E-state index contributed by atoms with van der Waals surface area (Å²) >= 11 is 0. The first kappa shape index (κ1) is 19.4. The van der Waals surface area contributed by atoms with Crippen LogP contribution in [0.3, 0.4) is 0 Å². The summed E-state index contributed by atoms with van der Waals surface area (Å²) in [6, 6.07) is 21.9. The van der Waals surface area contributed by atoms with Crippen molar-refractivity contribution < 1.29 is 14.3 Å². The second kappa shape index (κ2) is 8.61. The van der Waals surface area contributed by atoms with E-state index in [0.717, 1.165) is 5.56 Å². The van der Waals surface area contributed by atoms with Gasteiger partial charge < -0.3 is 14.5 Å². The van der Waals surface area contributed by atoms with Gasteiger partial charge in [-0.1, -0.05) is 48.5 Å². The summed E-state index contributed by atoms with van der Waals surface area (Å²) in [5.74, 6) is 0.511. The fourth-order valence-electron chi connectivity index (χ4n) is 3.16. The average molecular weight is 400 g/mol. The molecule has 0 spiro atoms. The number of hydrogen-bond donors (Lipinski definition) is 1. The van der Waals surface area contributed by atoms with E-state index in [1.54, 1.807) is 18.2 Å². The molecule has 4 rings (SSSR count). The van der Waals surface area contributed by atoms with E-state index in [2.05, 4.69) is 9.97 Å². The van der Waals surface area contributed by atoms with Gasteiger partial charge in [-0.05, 0) is 36.8 Å². The van der Waals surface area contributed by atoms with E-state index in [9.17, 15) is 9.59 Å². The van der Waals surface area contributed by atoms with Crippen LogP contribution in [0, 0.1) is 6.92 Å². The number of H-pyrrole nitrogens is 1. The highest BCUT2D eigenvalue weighted by atomic mass is 16.5. The number of hydrogen-bond acceptors (Lipinski definition) is 5. The van der Waals surface area contributed by atoms with Gasteiger partial charge in [-0.2, -0.15) is 0 Å². The van der Waals surface area contributed by atoms with Gasteiger partial charge in [0.25, 0.3) is 5.56 Å². The van der Waals surface area contributed by atoms with E-state index in [1.807, 2.05) is 61.5 Å². The van der Waals surface area contributed by atoms with Crippen LogP contribution in [0.4, 0.5) is 0 Å². The Morgan fingerprint density at radius 3 is 2.53 bits per heavy atom. The Balaban J connectivity index is 1.49. The van der Waals surface area contributed by atoms with Gasteiger partial charge in [-0.3, -0.25) is 4.79 Å². The lowest BCUT2D eigenvalue weighted by Gasteiger charge is -2.11. The van der Waals surface area contributed by atoms with E-state index in [4.69, 9.17) is 9.47 Å². The molecule has 1 N–H and O–H groups in total. The fraction of sp³-hybridized carbons (Fsp3) is 0.125. The summed E-state index contributed by atoms with van der Waals surface area (Å²) in [4.78, 5) is 32.1. The van der Waals surface area contributed by atoms with Crippen LogP contribution in [0.1, 0.15) is 27.3 Å². The molecule has 3 aromatic carbocycles. The van der Waals surface area contributed by atoms with Gasteiger partial charge in [0.2, 0.25) is 0 Å². The lowest BCUT2D eigenvalue weighted by Crippen LogP contribution is -2.16. The van der Waals surface area contributed by atoms with E-state index < -0.39 is 5.97 Å². The van der Waals surface area contributed by atoms with Gasteiger partial charge in [-0.15, -0.1) is 0 Å². The quantitative estimate of drug-likeness (QED) is 0.491. The maximum absolute atomic E-state index is 12.7. The van der Waals surface area contributed by atoms with Gasteiger partial charge in [0.05, 0.1) is 16.5 Å². The molecule has 0 unspecified atom stereocenters. The molecule has 0 aliphatic carbocycles. The van der Waals surface area contributed by atoms with Crippen LogP contribution >= 0.6 is 0 Å². The van der Waals surface area contributed by atoms with Crippen LogP contribution < -0.4 is 10.3 Å². The number of aromatic nitrogens is 2. The Bertz CT molecular complexity index is 1250. The molecule has 6 nitrogen and oxygen atoms in total. The van der Waals surface area contributed by atoms with Gasteiger partial charge >= 0.3 is 5.97 Å².